The number of nitrogens with zero attached hydrogens (tertiary/aromatic N) is 1. The van der Waals surface area contributed by atoms with Crippen LogP contribution in [0.25, 0.3) is 10.1 Å². The zero-order chi connectivity index (χ0) is 26.6. The van der Waals surface area contributed by atoms with Crippen LogP contribution < -0.4 is 10.1 Å². The van der Waals surface area contributed by atoms with E-state index >= 15 is 0 Å². The van der Waals surface area contributed by atoms with Crippen LogP contribution in [0, 0.1) is 17.8 Å². The van der Waals surface area contributed by atoms with E-state index in [4.69, 9.17) is 9.11 Å². The van der Waals surface area contributed by atoms with Crippen molar-refractivity contribution in [3.8, 4) is 5.75 Å². The van der Waals surface area contributed by atoms with Crippen LogP contribution >= 0.6 is 11.5 Å². The Hall–Kier alpha value is -2.40. The van der Waals surface area contributed by atoms with Crippen molar-refractivity contribution < 1.29 is 9.53 Å². The molecule has 1 aliphatic carbocycles. The second kappa shape index (κ2) is 15.3. The third-order valence-electron chi connectivity index (χ3n) is 8.53. The predicted octanol–water partition coefficient (Wildman–Crippen LogP) is 8.38. The predicted molar refractivity (Wildman–Crippen MR) is 160 cm³/mol. The monoisotopic (exact) mass is 534 g/mol. The summed E-state index contributed by atoms with van der Waals surface area (Å²) < 4.78 is 11.3. The lowest BCUT2D eigenvalue weighted by Crippen LogP contribution is -2.35. The third kappa shape index (κ3) is 8.56. The van der Waals surface area contributed by atoms with Crippen LogP contribution in [0.5, 0.6) is 5.75 Å². The Morgan fingerprint density at radius 1 is 1.03 bits per heavy atom. The van der Waals surface area contributed by atoms with Gasteiger partial charge in [-0.15, -0.1) is 0 Å². The molecule has 2 aromatic carbocycles. The summed E-state index contributed by atoms with van der Waals surface area (Å²) in [5, 5.41) is 4.61. The molecule has 1 amide bonds. The minimum Gasteiger partial charge on any atom is -0.497 e. The number of ether oxygens (including phenoxy) is 1. The van der Waals surface area contributed by atoms with Gasteiger partial charge >= 0.3 is 0 Å². The van der Waals surface area contributed by atoms with E-state index in [9.17, 15) is 4.79 Å². The number of amides is 1. The number of nitrogens with one attached hydrogen (secondary N) is 1. The fourth-order valence-corrected chi connectivity index (χ4v) is 7.13. The molecule has 0 saturated heterocycles. The van der Waals surface area contributed by atoms with Crippen molar-refractivity contribution in [2.75, 3.05) is 13.7 Å². The average Bonchev–Trinajstić information content (AvgIpc) is 3.37. The van der Waals surface area contributed by atoms with E-state index in [-0.39, 0.29) is 5.91 Å². The minimum atomic E-state index is 0.134. The van der Waals surface area contributed by atoms with Crippen molar-refractivity contribution >= 4 is 27.5 Å². The summed E-state index contributed by atoms with van der Waals surface area (Å²) in [5.74, 6) is 3.16. The molecule has 5 heteroatoms. The Kier molecular flexibility index (Phi) is 11.5. The number of methoxy groups -OCH3 is 1. The van der Waals surface area contributed by atoms with Crippen molar-refractivity contribution in [3.05, 3.63) is 59.8 Å². The number of unbranched alkanes of at least 4 members (excludes halogenated alkanes) is 1. The smallest absolute Gasteiger partial charge is 0.224 e. The highest BCUT2D eigenvalue weighted by Crippen LogP contribution is 2.34. The van der Waals surface area contributed by atoms with Gasteiger partial charge in [-0.1, -0.05) is 95.0 Å². The molecule has 3 unspecified atom stereocenters. The van der Waals surface area contributed by atoms with Gasteiger partial charge in [0.05, 0.1) is 23.9 Å². The van der Waals surface area contributed by atoms with Gasteiger partial charge in [-0.25, -0.2) is 0 Å². The first-order valence-corrected chi connectivity index (χ1v) is 15.7. The highest BCUT2D eigenvalue weighted by atomic mass is 32.1. The van der Waals surface area contributed by atoms with Gasteiger partial charge in [0.25, 0.3) is 0 Å². The van der Waals surface area contributed by atoms with Crippen LogP contribution in [-0.2, 0) is 17.6 Å². The first-order chi connectivity index (χ1) is 18.7. The summed E-state index contributed by atoms with van der Waals surface area (Å²) in [4.78, 5) is 12.6. The minimum absolute atomic E-state index is 0.134. The Labute approximate surface area is 233 Å². The van der Waals surface area contributed by atoms with Crippen LogP contribution in [0.4, 0.5) is 0 Å². The largest absolute Gasteiger partial charge is 0.497 e. The maximum absolute atomic E-state index is 12.6. The molecule has 206 valence electrons. The molecule has 1 aliphatic rings. The molecular weight excluding hydrogens is 488 g/mol. The van der Waals surface area contributed by atoms with Gasteiger partial charge in [0.2, 0.25) is 5.91 Å². The Morgan fingerprint density at radius 2 is 1.82 bits per heavy atom. The lowest BCUT2D eigenvalue weighted by molar-refractivity contribution is -0.120. The van der Waals surface area contributed by atoms with Crippen LogP contribution in [0.3, 0.4) is 0 Å². The van der Waals surface area contributed by atoms with Gasteiger partial charge in [-0.3, -0.25) is 4.79 Å². The Balaban J connectivity index is 1.17. The number of carbonyl (C=O) groups excluding carboxylic acids is 1. The molecular formula is C33H46N2O2S. The van der Waals surface area contributed by atoms with Gasteiger partial charge in [-0.05, 0) is 72.3 Å². The van der Waals surface area contributed by atoms with Crippen LogP contribution in [0.2, 0.25) is 0 Å². The summed E-state index contributed by atoms with van der Waals surface area (Å²) in [6.07, 6.45) is 15.9. The molecule has 1 heterocycles. The molecule has 1 N–H and O–H groups in total. The average molecular weight is 535 g/mol. The lowest BCUT2D eigenvalue weighted by atomic mass is 9.76. The lowest BCUT2D eigenvalue weighted by Gasteiger charge is -2.32. The van der Waals surface area contributed by atoms with Gasteiger partial charge in [-0.2, -0.15) is 4.37 Å². The number of fused-ring (bicyclic) bond motifs is 1. The maximum atomic E-state index is 12.6. The highest BCUT2D eigenvalue weighted by Gasteiger charge is 2.25. The number of rotatable bonds is 15. The zero-order valence-corrected chi connectivity index (χ0v) is 24.2. The number of aromatic nitrogens is 1. The summed E-state index contributed by atoms with van der Waals surface area (Å²) in [7, 11) is 1.66. The maximum Gasteiger partial charge on any atom is 0.224 e. The molecule has 1 saturated carbocycles. The number of hydrogen-bond acceptors (Lipinski definition) is 4. The van der Waals surface area contributed by atoms with E-state index in [1.54, 1.807) is 18.6 Å². The second-order valence-corrected chi connectivity index (χ2v) is 12.0. The van der Waals surface area contributed by atoms with Gasteiger partial charge < -0.3 is 10.1 Å². The summed E-state index contributed by atoms with van der Waals surface area (Å²) in [5.41, 5.74) is 2.33. The van der Waals surface area contributed by atoms with E-state index in [1.807, 2.05) is 24.3 Å². The molecule has 0 radical (unpaired) electrons. The third-order valence-corrected chi connectivity index (χ3v) is 9.39. The van der Waals surface area contributed by atoms with E-state index < -0.39 is 0 Å². The van der Waals surface area contributed by atoms with Crippen LogP contribution in [-0.4, -0.2) is 23.9 Å². The van der Waals surface area contributed by atoms with Crippen LogP contribution in [0.1, 0.15) is 88.8 Å². The van der Waals surface area contributed by atoms with Crippen molar-refractivity contribution in [1.82, 2.24) is 9.69 Å². The second-order valence-electron chi connectivity index (χ2n) is 11.2. The quantitative estimate of drug-likeness (QED) is 0.199. The van der Waals surface area contributed by atoms with Crippen molar-refractivity contribution in [2.45, 2.75) is 90.4 Å². The number of carbonyl (C=O) groups is 1. The summed E-state index contributed by atoms with van der Waals surface area (Å²) in [6, 6.07) is 16.5. The molecule has 38 heavy (non-hydrogen) atoms. The van der Waals surface area contributed by atoms with Gasteiger partial charge in [0.15, 0.2) is 0 Å². The summed E-state index contributed by atoms with van der Waals surface area (Å²) >= 11 is 1.64. The molecule has 0 aliphatic heterocycles. The topological polar surface area (TPSA) is 51.2 Å². The SMILES string of the molecule is CCCC(CCCCC1CCCCC1CNC(=O)Cc1ccc(OC)cc1)CCc1nsc2ccccc12. The first kappa shape index (κ1) is 28.6. The normalized spacial score (nSPS) is 18.4. The number of benzene rings is 2. The molecule has 3 atom stereocenters. The van der Waals surface area contributed by atoms with E-state index in [1.165, 1.54) is 86.4 Å². The molecule has 0 spiro atoms. The molecule has 1 aromatic heterocycles. The van der Waals surface area contributed by atoms with E-state index in [0.717, 1.165) is 36.1 Å². The molecule has 4 rings (SSSR count). The number of aryl methyl sites for hydroxylation is 1. The number of hydrogen-bond donors (Lipinski definition) is 1. The molecule has 4 nitrogen and oxygen atoms in total. The fraction of sp³-hybridized carbons (Fsp3) is 0.576. The summed E-state index contributed by atoms with van der Waals surface area (Å²) in [6.45, 7) is 3.15. The van der Waals surface area contributed by atoms with Gasteiger partial charge in [0.1, 0.15) is 5.75 Å². The van der Waals surface area contributed by atoms with Crippen molar-refractivity contribution in [1.29, 1.82) is 0 Å². The highest BCUT2D eigenvalue weighted by molar-refractivity contribution is 7.13. The Morgan fingerprint density at radius 3 is 2.61 bits per heavy atom. The zero-order valence-electron chi connectivity index (χ0n) is 23.4. The molecule has 3 aromatic rings. The first-order valence-electron chi connectivity index (χ1n) is 14.9. The van der Waals surface area contributed by atoms with Crippen molar-refractivity contribution in [3.63, 3.8) is 0 Å². The van der Waals surface area contributed by atoms with Crippen molar-refractivity contribution in [2.24, 2.45) is 17.8 Å². The van der Waals surface area contributed by atoms with Gasteiger partial charge in [0, 0.05) is 11.9 Å². The fourth-order valence-electron chi connectivity index (χ4n) is 6.31. The van der Waals surface area contributed by atoms with Crippen LogP contribution in [0.15, 0.2) is 48.5 Å². The Bertz CT molecular complexity index is 1110. The molecule has 0 bridgehead atoms. The standard InChI is InChI=1S/C33H46N2O2S/c1-3-10-25(19-22-31-30-15-8-9-16-32(30)38-35-31)11-4-5-12-27-13-6-7-14-28(27)24-34-33(36)23-26-17-20-29(37-2)21-18-26/h8-9,15-18,20-21,25,27-28H,3-7,10-14,19,22-24H2,1-2H3,(H,34,36). The van der Waals surface area contributed by atoms with E-state index in [0.29, 0.717) is 12.3 Å². The van der Waals surface area contributed by atoms with E-state index in [2.05, 4.69) is 36.5 Å². The molecule has 1 fully saturated rings.